The molecule has 0 aliphatic heterocycles. The van der Waals surface area contributed by atoms with Crippen LogP contribution < -0.4 is 0 Å². The number of carbonyl (C=O) groups is 1. The van der Waals surface area contributed by atoms with Gasteiger partial charge in [-0.15, -0.1) is 5.10 Å². The van der Waals surface area contributed by atoms with Crippen LogP contribution in [-0.4, -0.2) is 31.0 Å². The van der Waals surface area contributed by atoms with E-state index in [1.165, 1.54) is 23.7 Å². The van der Waals surface area contributed by atoms with Crippen molar-refractivity contribution in [3.8, 4) is 0 Å². The number of nitro groups is 1. The molecule has 0 radical (unpaired) electrons. The van der Waals surface area contributed by atoms with Crippen molar-refractivity contribution in [1.82, 2.24) is 15.0 Å². The highest BCUT2D eigenvalue weighted by molar-refractivity contribution is 5.86. The summed E-state index contributed by atoms with van der Waals surface area (Å²) in [6.07, 6.45) is 0. The molecule has 0 saturated heterocycles. The monoisotopic (exact) mass is 280 g/mol. The number of aromatic nitrogens is 3. The maximum atomic E-state index is 13.9. The third-order valence-electron chi connectivity index (χ3n) is 2.76. The number of carboxylic acids is 1. The fraction of sp³-hybridized carbons (Fsp3) is 0.182. The largest absolute Gasteiger partial charge is 0.476 e. The maximum absolute atomic E-state index is 13.9. The predicted molar refractivity (Wildman–Crippen MR) is 63.9 cm³/mol. The molecule has 0 bridgehead atoms. The predicted octanol–water partition coefficient (Wildman–Crippen LogP) is 1.38. The van der Waals surface area contributed by atoms with Gasteiger partial charge in [-0.1, -0.05) is 17.3 Å². The summed E-state index contributed by atoms with van der Waals surface area (Å²) in [6.45, 7) is 1.33. The van der Waals surface area contributed by atoms with Gasteiger partial charge < -0.3 is 5.11 Å². The second-order valence-corrected chi connectivity index (χ2v) is 3.99. The zero-order chi connectivity index (χ0) is 14.9. The number of benzene rings is 1. The Labute approximate surface area is 111 Å². The first-order valence-corrected chi connectivity index (χ1v) is 5.47. The molecule has 20 heavy (non-hydrogen) atoms. The smallest absolute Gasteiger partial charge is 0.358 e. The van der Waals surface area contributed by atoms with Crippen LogP contribution in [0, 0.1) is 22.9 Å². The van der Waals surface area contributed by atoms with Crippen LogP contribution in [0.2, 0.25) is 0 Å². The lowest BCUT2D eigenvalue weighted by Gasteiger charge is -2.05. The SMILES string of the molecule is Cc1c(C(=O)O)nnn1Cc1cccc([N+](=O)[O-])c1F. The number of rotatable bonds is 4. The molecule has 0 unspecified atom stereocenters. The molecule has 2 aromatic rings. The van der Waals surface area contributed by atoms with Crippen LogP contribution in [0.3, 0.4) is 0 Å². The summed E-state index contributed by atoms with van der Waals surface area (Å²) in [4.78, 5) is 20.6. The molecule has 1 heterocycles. The lowest BCUT2D eigenvalue weighted by molar-refractivity contribution is -0.387. The molecule has 1 aromatic carbocycles. The lowest BCUT2D eigenvalue weighted by Crippen LogP contribution is -2.08. The third-order valence-corrected chi connectivity index (χ3v) is 2.76. The Morgan fingerprint density at radius 1 is 1.55 bits per heavy atom. The van der Waals surface area contributed by atoms with Crippen molar-refractivity contribution in [3.05, 3.63) is 51.1 Å². The van der Waals surface area contributed by atoms with Crippen LogP contribution >= 0.6 is 0 Å². The van der Waals surface area contributed by atoms with Gasteiger partial charge in [0.05, 0.1) is 17.2 Å². The lowest BCUT2D eigenvalue weighted by atomic mass is 10.2. The van der Waals surface area contributed by atoms with E-state index < -0.39 is 22.4 Å². The zero-order valence-electron chi connectivity index (χ0n) is 10.3. The van der Waals surface area contributed by atoms with Gasteiger partial charge in [-0.2, -0.15) is 4.39 Å². The number of hydrogen-bond donors (Lipinski definition) is 1. The molecule has 9 heteroatoms. The topological polar surface area (TPSA) is 111 Å². The van der Waals surface area contributed by atoms with Gasteiger partial charge in [0.25, 0.3) is 0 Å². The molecule has 1 N–H and O–H groups in total. The highest BCUT2D eigenvalue weighted by Gasteiger charge is 2.20. The normalized spacial score (nSPS) is 10.5. The van der Waals surface area contributed by atoms with Crippen LogP contribution in [-0.2, 0) is 6.54 Å². The molecule has 1 aromatic heterocycles. The van der Waals surface area contributed by atoms with Gasteiger partial charge >= 0.3 is 11.7 Å². The highest BCUT2D eigenvalue weighted by Crippen LogP contribution is 2.21. The Bertz CT molecular complexity index is 698. The van der Waals surface area contributed by atoms with Crippen molar-refractivity contribution in [2.24, 2.45) is 0 Å². The Balaban J connectivity index is 2.38. The standard InChI is InChI=1S/C11H9FN4O4/c1-6-10(11(17)18)13-14-15(6)5-7-3-2-4-8(9(7)12)16(19)20/h2-4H,5H2,1H3,(H,17,18). The second-order valence-electron chi connectivity index (χ2n) is 3.99. The van der Waals surface area contributed by atoms with Crippen molar-refractivity contribution in [1.29, 1.82) is 0 Å². The molecular formula is C11H9FN4O4. The number of halogens is 1. The van der Waals surface area contributed by atoms with Gasteiger partial charge in [0.1, 0.15) is 0 Å². The minimum Gasteiger partial charge on any atom is -0.476 e. The van der Waals surface area contributed by atoms with Crippen molar-refractivity contribution in [3.63, 3.8) is 0 Å². The number of hydrogen-bond acceptors (Lipinski definition) is 5. The van der Waals surface area contributed by atoms with Crippen LogP contribution in [0.5, 0.6) is 0 Å². The Morgan fingerprint density at radius 2 is 2.25 bits per heavy atom. The Hall–Kier alpha value is -2.84. The first-order valence-electron chi connectivity index (χ1n) is 5.47. The number of aromatic carboxylic acids is 1. The van der Waals surface area contributed by atoms with E-state index in [-0.39, 0.29) is 23.5 Å². The van der Waals surface area contributed by atoms with Gasteiger partial charge in [-0.3, -0.25) is 10.1 Å². The van der Waals surface area contributed by atoms with Crippen molar-refractivity contribution >= 4 is 11.7 Å². The molecule has 8 nitrogen and oxygen atoms in total. The number of nitrogens with zero attached hydrogens (tertiary/aromatic N) is 4. The fourth-order valence-corrected chi connectivity index (χ4v) is 1.70. The van der Waals surface area contributed by atoms with E-state index in [1.54, 1.807) is 0 Å². The first kappa shape index (κ1) is 13.6. The molecule has 0 amide bonds. The fourth-order valence-electron chi connectivity index (χ4n) is 1.70. The average molecular weight is 280 g/mol. The van der Waals surface area contributed by atoms with E-state index in [0.29, 0.717) is 0 Å². The summed E-state index contributed by atoms with van der Waals surface area (Å²) < 4.78 is 15.1. The summed E-state index contributed by atoms with van der Waals surface area (Å²) in [6, 6.07) is 3.76. The van der Waals surface area contributed by atoms with Gasteiger partial charge in [0.2, 0.25) is 5.82 Å². The van der Waals surface area contributed by atoms with Gasteiger partial charge in [0.15, 0.2) is 5.69 Å². The van der Waals surface area contributed by atoms with Crippen LogP contribution in [0.25, 0.3) is 0 Å². The summed E-state index contributed by atoms with van der Waals surface area (Å²) in [5.41, 5.74) is -0.609. The third kappa shape index (κ3) is 2.32. The van der Waals surface area contributed by atoms with Crippen LogP contribution in [0.15, 0.2) is 18.2 Å². The highest BCUT2D eigenvalue weighted by atomic mass is 19.1. The summed E-state index contributed by atoms with van der Waals surface area (Å²) in [5.74, 6) is -2.21. The molecule has 0 saturated carbocycles. The quantitative estimate of drug-likeness (QED) is 0.669. The minimum absolute atomic E-state index is 0.0316. The van der Waals surface area contributed by atoms with E-state index in [2.05, 4.69) is 10.3 Å². The zero-order valence-corrected chi connectivity index (χ0v) is 10.3. The molecule has 2 rings (SSSR count). The van der Waals surface area contributed by atoms with E-state index >= 15 is 0 Å². The summed E-state index contributed by atoms with van der Waals surface area (Å²) in [7, 11) is 0. The van der Waals surface area contributed by atoms with E-state index in [1.807, 2.05) is 0 Å². The first-order chi connectivity index (χ1) is 9.41. The van der Waals surface area contributed by atoms with Crippen molar-refractivity contribution in [2.75, 3.05) is 0 Å². The van der Waals surface area contributed by atoms with Gasteiger partial charge in [-0.25, -0.2) is 9.48 Å². The van der Waals surface area contributed by atoms with Gasteiger partial charge in [-0.05, 0) is 6.92 Å². The number of carboxylic acid groups (broad SMARTS) is 1. The molecule has 0 fully saturated rings. The second kappa shape index (κ2) is 5.03. The molecule has 0 spiro atoms. The molecular weight excluding hydrogens is 271 g/mol. The molecule has 0 aliphatic carbocycles. The van der Waals surface area contributed by atoms with Gasteiger partial charge in [0, 0.05) is 11.6 Å². The van der Waals surface area contributed by atoms with E-state index in [9.17, 15) is 19.3 Å². The van der Waals surface area contributed by atoms with Crippen LogP contribution in [0.4, 0.5) is 10.1 Å². The molecule has 104 valence electrons. The molecule has 0 aliphatic rings. The summed E-state index contributed by atoms with van der Waals surface area (Å²) >= 11 is 0. The molecule has 0 atom stereocenters. The van der Waals surface area contributed by atoms with Crippen LogP contribution in [0.1, 0.15) is 21.7 Å². The van der Waals surface area contributed by atoms with E-state index in [4.69, 9.17) is 5.11 Å². The van der Waals surface area contributed by atoms with Crippen molar-refractivity contribution < 1.29 is 19.2 Å². The minimum atomic E-state index is -1.24. The average Bonchev–Trinajstić information content (AvgIpc) is 2.73. The summed E-state index contributed by atoms with van der Waals surface area (Å²) in [5, 5.41) is 26.5. The Morgan fingerprint density at radius 3 is 2.80 bits per heavy atom. The Kier molecular flexibility index (Phi) is 3.42. The van der Waals surface area contributed by atoms with E-state index in [0.717, 1.165) is 6.07 Å². The maximum Gasteiger partial charge on any atom is 0.358 e. The van der Waals surface area contributed by atoms with Crippen molar-refractivity contribution in [2.45, 2.75) is 13.5 Å². The number of nitro benzene ring substituents is 1.